The van der Waals surface area contributed by atoms with Crippen LogP contribution in [0.15, 0.2) is 0 Å². The van der Waals surface area contributed by atoms with Gasteiger partial charge in [0.05, 0.1) is 12.7 Å². The number of likely N-dealkylation sites (N-methyl/N-ethyl adjacent to an activating group) is 2. The van der Waals surface area contributed by atoms with E-state index in [1.54, 1.807) is 0 Å². The minimum Gasteiger partial charge on any atom is -0.372 e. The van der Waals surface area contributed by atoms with Crippen molar-refractivity contribution in [2.75, 3.05) is 33.8 Å². The molecule has 0 aromatic carbocycles. The molecule has 1 unspecified atom stereocenters. The zero-order chi connectivity index (χ0) is 10.3. The zero-order valence-corrected chi connectivity index (χ0v) is 9.79. The van der Waals surface area contributed by atoms with E-state index in [0.29, 0.717) is 17.7 Å². The van der Waals surface area contributed by atoms with Crippen molar-refractivity contribution in [2.24, 2.45) is 0 Å². The van der Waals surface area contributed by atoms with Gasteiger partial charge in [-0.1, -0.05) is 0 Å². The molecular formula is C11H22N2O. The van der Waals surface area contributed by atoms with E-state index in [4.69, 9.17) is 4.74 Å². The van der Waals surface area contributed by atoms with Gasteiger partial charge in [0, 0.05) is 24.7 Å². The minimum atomic E-state index is 0.364. The van der Waals surface area contributed by atoms with Gasteiger partial charge in [0.15, 0.2) is 0 Å². The lowest BCUT2D eigenvalue weighted by Gasteiger charge is -2.26. The fraction of sp³-hybridized carbons (Fsp3) is 1.00. The minimum absolute atomic E-state index is 0.364. The molecule has 2 heterocycles. The van der Waals surface area contributed by atoms with Crippen LogP contribution in [-0.2, 0) is 4.74 Å². The highest BCUT2D eigenvalue weighted by Gasteiger charge is 2.38. The molecule has 14 heavy (non-hydrogen) atoms. The molecule has 2 rings (SSSR count). The second-order valence-corrected chi connectivity index (χ2v) is 5.45. The maximum atomic E-state index is 5.26. The van der Waals surface area contributed by atoms with Crippen molar-refractivity contribution < 1.29 is 4.74 Å². The van der Waals surface area contributed by atoms with E-state index in [-0.39, 0.29) is 0 Å². The molecule has 2 saturated heterocycles. The van der Waals surface area contributed by atoms with Crippen LogP contribution in [0.1, 0.15) is 20.3 Å². The summed E-state index contributed by atoms with van der Waals surface area (Å²) >= 11 is 0. The van der Waals surface area contributed by atoms with Crippen LogP contribution in [0.5, 0.6) is 0 Å². The number of epoxide rings is 1. The Morgan fingerprint density at radius 2 is 2.14 bits per heavy atom. The van der Waals surface area contributed by atoms with Gasteiger partial charge in [-0.15, -0.1) is 0 Å². The highest BCUT2D eigenvalue weighted by atomic mass is 16.6. The summed E-state index contributed by atoms with van der Waals surface area (Å²) in [4.78, 5) is 4.92. The second-order valence-electron chi connectivity index (χ2n) is 5.45. The average molecular weight is 198 g/mol. The lowest BCUT2D eigenvalue weighted by atomic mass is 10.00. The molecule has 0 aromatic rings. The van der Waals surface area contributed by atoms with Crippen LogP contribution in [0.2, 0.25) is 0 Å². The number of hydrogen-bond donors (Lipinski definition) is 0. The molecule has 2 fully saturated rings. The first-order valence-electron chi connectivity index (χ1n) is 5.52. The Morgan fingerprint density at radius 3 is 2.57 bits per heavy atom. The summed E-state index contributed by atoms with van der Waals surface area (Å²) in [5.74, 6) is 0. The Kier molecular flexibility index (Phi) is 2.58. The van der Waals surface area contributed by atoms with Gasteiger partial charge < -0.3 is 4.74 Å². The summed E-state index contributed by atoms with van der Waals surface area (Å²) in [7, 11) is 4.45. The van der Waals surface area contributed by atoms with Crippen LogP contribution in [0.3, 0.4) is 0 Å². The summed E-state index contributed by atoms with van der Waals surface area (Å²) in [5, 5.41) is 0. The molecule has 0 saturated carbocycles. The van der Waals surface area contributed by atoms with Crippen LogP contribution >= 0.6 is 0 Å². The molecule has 0 N–H and O–H groups in total. The molecular weight excluding hydrogens is 176 g/mol. The number of likely N-dealkylation sites (tertiary alicyclic amines) is 1. The first-order chi connectivity index (χ1) is 6.49. The van der Waals surface area contributed by atoms with Crippen LogP contribution in [0.4, 0.5) is 0 Å². The molecule has 0 radical (unpaired) electrons. The van der Waals surface area contributed by atoms with Crippen molar-refractivity contribution in [3.63, 3.8) is 0 Å². The van der Waals surface area contributed by atoms with Crippen molar-refractivity contribution in [3.05, 3.63) is 0 Å². The second kappa shape index (κ2) is 3.47. The predicted octanol–water partition coefficient (Wildman–Crippen LogP) is 0.800. The number of ether oxygens (including phenoxy) is 1. The van der Waals surface area contributed by atoms with Gasteiger partial charge in [-0.3, -0.25) is 9.80 Å². The number of hydrogen-bond acceptors (Lipinski definition) is 3. The lowest BCUT2D eigenvalue weighted by molar-refractivity contribution is 0.212. The van der Waals surface area contributed by atoms with Gasteiger partial charge >= 0.3 is 0 Å². The summed E-state index contributed by atoms with van der Waals surface area (Å²) in [5.41, 5.74) is 0.364. The van der Waals surface area contributed by atoms with Crippen LogP contribution < -0.4 is 0 Å². The van der Waals surface area contributed by atoms with E-state index < -0.39 is 0 Å². The van der Waals surface area contributed by atoms with E-state index in [2.05, 4.69) is 37.7 Å². The molecule has 2 aliphatic rings. The number of nitrogens with zero attached hydrogens (tertiary/aromatic N) is 2. The summed E-state index contributed by atoms with van der Waals surface area (Å²) < 4.78 is 5.26. The highest BCUT2D eigenvalue weighted by Crippen LogP contribution is 2.29. The normalized spacial score (nSPS) is 36.6. The van der Waals surface area contributed by atoms with Gasteiger partial charge in [0.2, 0.25) is 0 Å². The quantitative estimate of drug-likeness (QED) is 0.625. The van der Waals surface area contributed by atoms with E-state index >= 15 is 0 Å². The Labute approximate surface area is 87.0 Å². The average Bonchev–Trinajstić information content (AvgIpc) is 2.81. The molecule has 82 valence electrons. The standard InChI is InChI=1S/C11H22N2O/c1-11(2)5-9(6-13(11)4)12(3)7-10-8-14-10/h9-10H,5-8H2,1-4H3/t9?,10-/m0/s1. The van der Waals surface area contributed by atoms with Crippen LogP contribution in [-0.4, -0.2) is 61.3 Å². The van der Waals surface area contributed by atoms with E-state index in [0.717, 1.165) is 13.2 Å². The Balaban J connectivity index is 1.86. The lowest BCUT2D eigenvalue weighted by Crippen LogP contribution is -2.36. The van der Waals surface area contributed by atoms with Gasteiger partial charge in [-0.05, 0) is 34.4 Å². The van der Waals surface area contributed by atoms with Gasteiger partial charge in [0.25, 0.3) is 0 Å². The highest BCUT2D eigenvalue weighted by molar-refractivity contribution is 4.95. The van der Waals surface area contributed by atoms with Crippen molar-refractivity contribution in [1.82, 2.24) is 9.80 Å². The Bertz CT molecular complexity index is 213. The van der Waals surface area contributed by atoms with Crippen LogP contribution in [0.25, 0.3) is 0 Å². The Hall–Kier alpha value is -0.120. The molecule has 0 amide bonds. The molecule has 0 spiro atoms. The van der Waals surface area contributed by atoms with Crippen molar-refractivity contribution in [1.29, 1.82) is 0 Å². The van der Waals surface area contributed by atoms with E-state index in [1.165, 1.54) is 13.0 Å². The monoisotopic (exact) mass is 198 g/mol. The molecule has 2 aliphatic heterocycles. The fourth-order valence-corrected chi connectivity index (χ4v) is 2.30. The topological polar surface area (TPSA) is 19.0 Å². The summed E-state index contributed by atoms with van der Waals surface area (Å²) in [6.45, 7) is 7.92. The third-order valence-electron chi connectivity index (χ3n) is 3.77. The van der Waals surface area contributed by atoms with Crippen molar-refractivity contribution in [3.8, 4) is 0 Å². The van der Waals surface area contributed by atoms with Crippen molar-refractivity contribution >= 4 is 0 Å². The molecule has 0 aliphatic carbocycles. The third kappa shape index (κ3) is 2.10. The smallest absolute Gasteiger partial charge is 0.0936 e. The zero-order valence-electron chi connectivity index (χ0n) is 9.79. The van der Waals surface area contributed by atoms with Gasteiger partial charge in [0.1, 0.15) is 0 Å². The predicted molar refractivity (Wildman–Crippen MR) is 57.5 cm³/mol. The largest absolute Gasteiger partial charge is 0.372 e. The molecule has 0 aromatic heterocycles. The summed E-state index contributed by atoms with van der Waals surface area (Å²) in [6.07, 6.45) is 1.79. The summed E-state index contributed by atoms with van der Waals surface area (Å²) in [6, 6.07) is 0.708. The first kappa shape index (κ1) is 10.4. The number of rotatable bonds is 3. The van der Waals surface area contributed by atoms with Crippen molar-refractivity contribution in [2.45, 2.75) is 38.0 Å². The molecule has 0 bridgehead atoms. The first-order valence-corrected chi connectivity index (χ1v) is 5.52. The molecule has 3 heteroatoms. The van der Waals surface area contributed by atoms with E-state index in [1.807, 2.05) is 0 Å². The maximum Gasteiger partial charge on any atom is 0.0936 e. The SMILES string of the molecule is CN(C[C@H]1CO1)C1CN(C)C(C)(C)C1. The van der Waals surface area contributed by atoms with Gasteiger partial charge in [-0.25, -0.2) is 0 Å². The van der Waals surface area contributed by atoms with E-state index in [9.17, 15) is 0 Å². The fourth-order valence-electron chi connectivity index (χ4n) is 2.30. The molecule has 3 nitrogen and oxygen atoms in total. The molecule has 2 atom stereocenters. The maximum absolute atomic E-state index is 5.26. The third-order valence-corrected chi connectivity index (χ3v) is 3.77. The van der Waals surface area contributed by atoms with Crippen LogP contribution in [0, 0.1) is 0 Å². The van der Waals surface area contributed by atoms with Gasteiger partial charge in [-0.2, -0.15) is 0 Å². The Morgan fingerprint density at radius 1 is 1.50 bits per heavy atom.